The summed E-state index contributed by atoms with van der Waals surface area (Å²) in [4.78, 5) is 4.12. The van der Waals surface area contributed by atoms with Gasteiger partial charge in [-0.3, -0.25) is 0 Å². The van der Waals surface area contributed by atoms with E-state index in [1.807, 2.05) is 12.3 Å². The minimum absolute atomic E-state index is 0.218. The Morgan fingerprint density at radius 1 is 1.36 bits per heavy atom. The average molecular weight is 212 g/mol. The molecule has 1 aromatic heterocycles. The number of nitrogens with zero attached hydrogens (tertiary/aromatic N) is 1. The molecule has 0 aromatic carbocycles. The third-order valence-electron chi connectivity index (χ3n) is 3.02. The van der Waals surface area contributed by atoms with E-state index in [0.717, 1.165) is 26.1 Å². The molecule has 1 saturated heterocycles. The van der Waals surface area contributed by atoms with Crippen molar-refractivity contribution in [2.75, 3.05) is 13.2 Å². The maximum absolute atomic E-state index is 5.76. The number of hydrogen-bond donors (Lipinski definition) is 0. The highest BCUT2D eigenvalue weighted by Crippen LogP contribution is 2.33. The molecular weight excluding hydrogens is 198 g/mol. The predicted octanol–water partition coefficient (Wildman–Crippen LogP) is 2.80. The van der Waals surface area contributed by atoms with E-state index in [0.29, 0.717) is 5.15 Å². The van der Waals surface area contributed by atoms with Crippen LogP contribution in [-0.4, -0.2) is 18.2 Å². The molecule has 1 aliphatic heterocycles. The SMILES string of the molecule is CC1(c2ccc(Cl)nc2)CCOCC1. The smallest absolute Gasteiger partial charge is 0.129 e. The molecule has 2 rings (SSSR count). The van der Waals surface area contributed by atoms with Crippen molar-refractivity contribution < 1.29 is 4.74 Å². The minimum atomic E-state index is 0.218. The summed E-state index contributed by atoms with van der Waals surface area (Å²) in [5.41, 5.74) is 1.49. The first kappa shape index (κ1) is 9.94. The van der Waals surface area contributed by atoms with Crippen molar-refractivity contribution >= 4 is 11.6 Å². The first-order valence-electron chi connectivity index (χ1n) is 4.90. The minimum Gasteiger partial charge on any atom is -0.381 e. The van der Waals surface area contributed by atoms with Gasteiger partial charge in [0.25, 0.3) is 0 Å². The number of ether oxygens (including phenoxy) is 1. The van der Waals surface area contributed by atoms with Crippen molar-refractivity contribution in [3.05, 3.63) is 29.0 Å². The summed E-state index contributed by atoms with van der Waals surface area (Å²) < 4.78 is 5.36. The molecule has 3 heteroatoms. The van der Waals surface area contributed by atoms with Gasteiger partial charge in [-0.2, -0.15) is 0 Å². The summed E-state index contributed by atoms with van der Waals surface area (Å²) in [6.07, 6.45) is 4.01. The van der Waals surface area contributed by atoms with Gasteiger partial charge in [0.1, 0.15) is 5.15 Å². The second kappa shape index (κ2) is 3.87. The van der Waals surface area contributed by atoms with Crippen LogP contribution in [0.3, 0.4) is 0 Å². The lowest BCUT2D eigenvalue weighted by atomic mass is 9.77. The molecule has 2 nitrogen and oxygen atoms in total. The quantitative estimate of drug-likeness (QED) is 0.667. The molecule has 1 aromatic rings. The van der Waals surface area contributed by atoms with Crippen LogP contribution in [0.25, 0.3) is 0 Å². The lowest BCUT2D eigenvalue weighted by Gasteiger charge is -2.33. The number of pyridine rings is 1. The summed E-state index contributed by atoms with van der Waals surface area (Å²) >= 11 is 5.76. The van der Waals surface area contributed by atoms with Crippen molar-refractivity contribution in [1.29, 1.82) is 0 Å². The van der Waals surface area contributed by atoms with Gasteiger partial charge in [-0.15, -0.1) is 0 Å². The van der Waals surface area contributed by atoms with Crippen LogP contribution in [0.15, 0.2) is 18.3 Å². The Kier molecular flexibility index (Phi) is 2.75. The van der Waals surface area contributed by atoms with Gasteiger partial charge in [0.05, 0.1) is 0 Å². The molecule has 76 valence electrons. The van der Waals surface area contributed by atoms with E-state index in [-0.39, 0.29) is 5.41 Å². The number of aromatic nitrogens is 1. The summed E-state index contributed by atoms with van der Waals surface area (Å²) in [6, 6.07) is 3.93. The fourth-order valence-corrected chi connectivity index (χ4v) is 1.96. The molecule has 0 spiro atoms. The van der Waals surface area contributed by atoms with Crippen molar-refractivity contribution in [3.63, 3.8) is 0 Å². The molecular formula is C11H14ClNO. The lowest BCUT2D eigenvalue weighted by Crippen LogP contribution is -2.30. The Morgan fingerprint density at radius 3 is 2.64 bits per heavy atom. The van der Waals surface area contributed by atoms with E-state index in [9.17, 15) is 0 Å². The van der Waals surface area contributed by atoms with Gasteiger partial charge in [-0.05, 0) is 29.9 Å². The summed E-state index contributed by atoms with van der Waals surface area (Å²) in [5.74, 6) is 0. The second-order valence-electron chi connectivity index (χ2n) is 4.04. The van der Waals surface area contributed by atoms with Crippen LogP contribution in [0.1, 0.15) is 25.3 Å². The molecule has 0 aliphatic carbocycles. The van der Waals surface area contributed by atoms with Gasteiger partial charge in [0, 0.05) is 19.4 Å². The van der Waals surface area contributed by atoms with E-state index < -0.39 is 0 Å². The third kappa shape index (κ3) is 1.91. The Balaban J connectivity index is 2.23. The molecule has 0 bridgehead atoms. The monoisotopic (exact) mass is 211 g/mol. The summed E-state index contributed by atoms with van der Waals surface area (Å²) in [5, 5.41) is 0.560. The highest BCUT2D eigenvalue weighted by Gasteiger charge is 2.29. The van der Waals surface area contributed by atoms with Gasteiger partial charge in [0.2, 0.25) is 0 Å². The molecule has 0 radical (unpaired) electrons. The van der Waals surface area contributed by atoms with Crippen LogP contribution in [0.5, 0.6) is 0 Å². The summed E-state index contributed by atoms with van der Waals surface area (Å²) in [6.45, 7) is 3.96. The first-order chi connectivity index (χ1) is 6.71. The van der Waals surface area contributed by atoms with Crippen LogP contribution >= 0.6 is 11.6 Å². The normalized spacial score (nSPS) is 20.7. The Labute approximate surface area is 89.3 Å². The Morgan fingerprint density at radius 2 is 2.07 bits per heavy atom. The number of halogens is 1. The average Bonchev–Trinajstić information content (AvgIpc) is 2.19. The fourth-order valence-electron chi connectivity index (χ4n) is 1.84. The van der Waals surface area contributed by atoms with Gasteiger partial charge in [-0.1, -0.05) is 24.6 Å². The largest absolute Gasteiger partial charge is 0.381 e. The highest BCUT2D eigenvalue weighted by atomic mass is 35.5. The van der Waals surface area contributed by atoms with Crippen molar-refractivity contribution in [2.24, 2.45) is 0 Å². The maximum Gasteiger partial charge on any atom is 0.129 e. The number of rotatable bonds is 1. The second-order valence-corrected chi connectivity index (χ2v) is 4.43. The van der Waals surface area contributed by atoms with Crippen molar-refractivity contribution in [3.8, 4) is 0 Å². The third-order valence-corrected chi connectivity index (χ3v) is 3.24. The molecule has 0 saturated carbocycles. The van der Waals surface area contributed by atoms with E-state index in [2.05, 4.69) is 18.0 Å². The van der Waals surface area contributed by atoms with Gasteiger partial charge in [0.15, 0.2) is 0 Å². The molecule has 1 aliphatic rings. The maximum atomic E-state index is 5.76. The van der Waals surface area contributed by atoms with Crippen molar-refractivity contribution in [2.45, 2.75) is 25.2 Å². The van der Waals surface area contributed by atoms with Gasteiger partial charge < -0.3 is 4.74 Å². The molecule has 1 fully saturated rings. The zero-order valence-electron chi connectivity index (χ0n) is 8.29. The van der Waals surface area contributed by atoms with Crippen LogP contribution < -0.4 is 0 Å². The van der Waals surface area contributed by atoms with Crippen LogP contribution in [0.2, 0.25) is 5.15 Å². The van der Waals surface area contributed by atoms with Crippen LogP contribution in [0.4, 0.5) is 0 Å². The zero-order valence-corrected chi connectivity index (χ0v) is 9.05. The predicted molar refractivity (Wildman–Crippen MR) is 56.7 cm³/mol. The van der Waals surface area contributed by atoms with E-state index in [1.54, 1.807) is 0 Å². The number of hydrogen-bond acceptors (Lipinski definition) is 2. The standard InChI is InChI=1S/C11H14ClNO/c1-11(4-6-14-7-5-11)9-2-3-10(12)13-8-9/h2-3,8H,4-7H2,1H3. The van der Waals surface area contributed by atoms with Crippen LogP contribution in [-0.2, 0) is 10.2 Å². The molecule has 14 heavy (non-hydrogen) atoms. The molecule has 2 heterocycles. The highest BCUT2D eigenvalue weighted by molar-refractivity contribution is 6.29. The molecule has 0 amide bonds. The van der Waals surface area contributed by atoms with E-state index >= 15 is 0 Å². The Hall–Kier alpha value is -0.600. The molecule has 0 N–H and O–H groups in total. The van der Waals surface area contributed by atoms with Gasteiger partial charge >= 0.3 is 0 Å². The van der Waals surface area contributed by atoms with Crippen molar-refractivity contribution in [1.82, 2.24) is 4.98 Å². The Bertz CT molecular complexity index is 304. The fraction of sp³-hybridized carbons (Fsp3) is 0.545. The van der Waals surface area contributed by atoms with Crippen LogP contribution in [0, 0.1) is 0 Å². The zero-order chi connectivity index (χ0) is 10.0. The topological polar surface area (TPSA) is 22.1 Å². The van der Waals surface area contributed by atoms with Gasteiger partial charge in [-0.25, -0.2) is 4.98 Å². The van der Waals surface area contributed by atoms with E-state index in [4.69, 9.17) is 16.3 Å². The lowest BCUT2D eigenvalue weighted by molar-refractivity contribution is 0.0563. The molecule has 0 unspecified atom stereocenters. The first-order valence-corrected chi connectivity index (χ1v) is 5.28. The summed E-state index contributed by atoms with van der Waals surface area (Å²) in [7, 11) is 0. The van der Waals surface area contributed by atoms with E-state index in [1.165, 1.54) is 5.56 Å². The molecule has 0 atom stereocenters.